The van der Waals surface area contributed by atoms with Gasteiger partial charge in [0, 0.05) is 31.1 Å². The van der Waals surface area contributed by atoms with E-state index in [1.807, 2.05) is 35.9 Å². The van der Waals surface area contributed by atoms with E-state index in [1.165, 1.54) is 5.56 Å². The molecule has 8 heteroatoms. The third-order valence-corrected chi connectivity index (χ3v) is 6.64. The lowest BCUT2D eigenvalue weighted by molar-refractivity contribution is -0.117. The molecule has 1 aliphatic rings. The number of amides is 1. The highest BCUT2D eigenvalue weighted by molar-refractivity contribution is 5.91. The lowest BCUT2D eigenvalue weighted by Gasteiger charge is -2.20. The molecular weight excluding hydrogens is 464 g/mol. The van der Waals surface area contributed by atoms with Crippen LogP contribution in [-0.2, 0) is 17.3 Å². The summed E-state index contributed by atoms with van der Waals surface area (Å²) in [6.07, 6.45) is 3.93. The van der Waals surface area contributed by atoms with E-state index in [0.29, 0.717) is 23.9 Å². The fourth-order valence-electron chi connectivity index (χ4n) is 4.55. The smallest absolute Gasteiger partial charge is 0.239 e. The minimum absolute atomic E-state index is 0.0606. The van der Waals surface area contributed by atoms with Gasteiger partial charge in [-0.25, -0.2) is 9.97 Å². The molecule has 5 rings (SSSR count). The normalized spacial score (nSPS) is 14.2. The van der Waals surface area contributed by atoms with Gasteiger partial charge < -0.3 is 19.9 Å². The number of hydrogen-bond donors (Lipinski definition) is 2. The van der Waals surface area contributed by atoms with Crippen LogP contribution in [0.15, 0.2) is 60.8 Å². The van der Waals surface area contributed by atoms with Crippen LogP contribution in [0.3, 0.4) is 0 Å². The Balaban J connectivity index is 1.29. The molecule has 1 amide bonds. The molecule has 0 bridgehead atoms. The summed E-state index contributed by atoms with van der Waals surface area (Å²) in [6.45, 7) is 8.95. The second kappa shape index (κ2) is 10.2. The summed E-state index contributed by atoms with van der Waals surface area (Å²) in [5, 5.41) is 6.33. The molecule has 4 aromatic rings. The Labute approximate surface area is 217 Å². The Hall–Kier alpha value is -3.91. The maximum atomic E-state index is 12.4. The molecule has 1 aliphatic heterocycles. The van der Waals surface area contributed by atoms with Crippen LogP contribution in [0.5, 0.6) is 11.5 Å². The van der Waals surface area contributed by atoms with Crippen LogP contribution in [-0.4, -0.2) is 45.0 Å². The van der Waals surface area contributed by atoms with E-state index >= 15 is 0 Å². The van der Waals surface area contributed by atoms with Gasteiger partial charge in [0.05, 0.1) is 17.6 Å². The number of imidazole rings is 1. The lowest BCUT2D eigenvalue weighted by Crippen LogP contribution is -2.31. The first-order chi connectivity index (χ1) is 17.7. The van der Waals surface area contributed by atoms with Crippen molar-refractivity contribution >= 4 is 34.4 Å². The highest BCUT2D eigenvalue weighted by atomic mass is 16.5. The second-order valence-electron chi connectivity index (χ2n) is 10.6. The minimum Gasteiger partial charge on any atom is -0.457 e. The van der Waals surface area contributed by atoms with Crippen LogP contribution in [0.1, 0.15) is 39.2 Å². The zero-order chi connectivity index (χ0) is 26.0. The number of benzene rings is 2. The van der Waals surface area contributed by atoms with Gasteiger partial charge in [0.2, 0.25) is 11.9 Å². The van der Waals surface area contributed by atoms with Crippen molar-refractivity contribution in [3.63, 3.8) is 0 Å². The molecule has 37 heavy (non-hydrogen) atoms. The molecule has 1 fully saturated rings. The highest BCUT2D eigenvalue weighted by Crippen LogP contribution is 2.30. The number of fused-ring (bicyclic) bond motifs is 1. The van der Waals surface area contributed by atoms with Gasteiger partial charge in [0.1, 0.15) is 17.3 Å². The molecular formula is C29H34N6O2. The van der Waals surface area contributed by atoms with Gasteiger partial charge in [-0.05, 0) is 67.2 Å². The fourth-order valence-corrected chi connectivity index (χ4v) is 4.55. The van der Waals surface area contributed by atoms with Crippen molar-refractivity contribution in [1.82, 2.24) is 19.4 Å². The Morgan fingerprint density at radius 2 is 1.81 bits per heavy atom. The standard InChI is InChI=1S/C29H34N6O2/c1-29(2,3)20-8-7-9-21(16-20)31-28-32-24-17-22(10-11-25(24)34(28)4)37-23-12-13-30-26(18-23)33-27(36)19-35-14-5-6-15-35/h7-13,16-18H,5-6,14-15,19H2,1-4H3,(H,31,32)(H,30,33,36). The van der Waals surface area contributed by atoms with Crippen molar-refractivity contribution in [2.45, 2.75) is 39.0 Å². The van der Waals surface area contributed by atoms with Gasteiger partial charge in [0.15, 0.2) is 0 Å². The largest absolute Gasteiger partial charge is 0.457 e. The van der Waals surface area contributed by atoms with Crippen LogP contribution in [0.4, 0.5) is 17.5 Å². The first-order valence-electron chi connectivity index (χ1n) is 12.7. The number of carbonyl (C=O) groups excluding carboxylic acids is 1. The van der Waals surface area contributed by atoms with Crippen molar-refractivity contribution in [2.75, 3.05) is 30.3 Å². The molecule has 0 unspecified atom stereocenters. The van der Waals surface area contributed by atoms with Crippen molar-refractivity contribution < 1.29 is 9.53 Å². The first kappa shape index (κ1) is 24.8. The average Bonchev–Trinajstić information content (AvgIpc) is 3.46. The molecule has 3 heterocycles. The van der Waals surface area contributed by atoms with Crippen LogP contribution >= 0.6 is 0 Å². The van der Waals surface area contributed by atoms with E-state index in [-0.39, 0.29) is 11.3 Å². The molecule has 2 aromatic carbocycles. The maximum Gasteiger partial charge on any atom is 0.239 e. The van der Waals surface area contributed by atoms with E-state index in [9.17, 15) is 4.79 Å². The Morgan fingerprint density at radius 3 is 2.59 bits per heavy atom. The molecule has 0 aliphatic carbocycles. The predicted octanol–water partition coefficient (Wildman–Crippen LogP) is 5.84. The summed E-state index contributed by atoms with van der Waals surface area (Å²) in [5.41, 5.74) is 4.14. The van der Waals surface area contributed by atoms with E-state index in [1.54, 1.807) is 18.3 Å². The number of carbonyl (C=O) groups is 1. The third kappa shape index (κ3) is 5.91. The van der Waals surface area contributed by atoms with Gasteiger partial charge in [-0.15, -0.1) is 0 Å². The van der Waals surface area contributed by atoms with Gasteiger partial charge in [-0.1, -0.05) is 32.9 Å². The average molecular weight is 499 g/mol. The molecule has 0 radical (unpaired) electrons. The summed E-state index contributed by atoms with van der Waals surface area (Å²) in [7, 11) is 1.99. The fraction of sp³-hybridized carbons (Fsp3) is 0.345. The number of aromatic nitrogens is 3. The van der Waals surface area contributed by atoms with Gasteiger partial charge >= 0.3 is 0 Å². The zero-order valence-electron chi connectivity index (χ0n) is 21.9. The highest BCUT2D eigenvalue weighted by Gasteiger charge is 2.17. The minimum atomic E-state index is -0.0606. The Bertz CT molecular complexity index is 1420. The zero-order valence-corrected chi connectivity index (χ0v) is 21.9. The van der Waals surface area contributed by atoms with Crippen molar-refractivity contribution in [1.29, 1.82) is 0 Å². The number of likely N-dealkylation sites (tertiary alicyclic amines) is 1. The Morgan fingerprint density at radius 1 is 1.03 bits per heavy atom. The van der Waals surface area contributed by atoms with Gasteiger partial charge in [-0.2, -0.15) is 0 Å². The van der Waals surface area contributed by atoms with Gasteiger partial charge in [-0.3, -0.25) is 9.69 Å². The number of aryl methyl sites for hydroxylation is 1. The number of anilines is 3. The number of rotatable bonds is 7. The lowest BCUT2D eigenvalue weighted by atomic mass is 9.87. The molecule has 0 saturated carbocycles. The molecule has 0 atom stereocenters. The number of pyridine rings is 1. The summed E-state index contributed by atoms with van der Waals surface area (Å²) in [6, 6.07) is 17.8. The summed E-state index contributed by atoms with van der Waals surface area (Å²) in [4.78, 5) is 23.6. The molecule has 8 nitrogen and oxygen atoms in total. The number of hydrogen-bond acceptors (Lipinski definition) is 6. The van der Waals surface area contributed by atoms with Crippen molar-refractivity contribution in [3.8, 4) is 11.5 Å². The maximum absolute atomic E-state index is 12.4. The predicted molar refractivity (Wildman–Crippen MR) is 148 cm³/mol. The SMILES string of the molecule is Cn1c(Nc2cccc(C(C)(C)C)c2)nc2cc(Oc3ccnc(NC(=O)CN4CCCC4)c3)ccc21. The van der Waals surface area contributed by atoms with Gasteiger partial charge in [0.25, 0.3) is 0 Å². The molecule has 1 saturated heterocycles. The van der Waals surface area contributed by atoms with Crippen LogP contribution in [0, 0.1) is 0 Å². The van der Waals surface area contributed by atoms with Crippen molar-refractivity contribution in [2.24, 2.45) is 7.05 Å². The monoisotopic (exact) mass is 498 g/mol. The molecule has 192 valence electrons. The van der Waals surface area contributed by atoms with Crippen LogP contribution in [0.25, 0.3) is 11.0 Å². The van der Waals surface area contributed by atoms with Crippen molar-refractivity contribution in [3.05, 3.63) is 66.4 Å². The summed E-state index contributed by atoms with van der Waals surface area (Å²) < 4.78 is 8.12. The molecule has 0 spiro atoms. The van der Waals surface area contributed by atoms with Crippen LogP contribution < -0.4 is 15.4 Å². The third-order valence-electron chi connectivity index (χ3n) is 6.64. The van der Waals surface area contributed by atoms with E-state index in [4.69, 9.17) is 9.72 Å². The summed E-state index contributed by atoms with van der Waals surface area (Å²) >= 11 is 0. The molecule has 2 N–H and O–H groups in total. The number of nitrogens with zero attached hydrogens (tertiary/aromatic N) is 4. The Kier molecular flexibility index (Phi) is 6.84. The second-order valence-corrected chi connectivity index (χ2v) is 10.6. The number of ether oxygens (including phenoxy) is 1. The molecule has 2 aromatic heterocycles. The van der Waals surface area contributed by atoms with E-state index in [0.717, 1.165) is 48.6 Å². The van der Waals surface area contributed by atoms with E-state index < -0.39 is 0 Å². The van der Waals surface area contributed by atoms with Crippen LogP contribution in [0.2, 0.25) is 0 Å². The first-order valence-corrected chi connectivity index (χ1v) is 12.7. The topological polar surface area (TPSA) is 84.3 Å². The van der Waals surface area contributed by atoms with E-state index in [2.05, 4.69) is 59.5 Å². The summed E-state index contributed by atoms with van der Waals surface area (Å²) in [5.74, 6) is 2.43. The number of nitrogens with one attached hydrogen (secondary N) is 2. The quantitative estimate of drug-likeness (QED) is 0.333.